The highest BCUT2D eigenvalue weighted by Crippen LogP contribution is 2.25. The summed E-state index contributed by atoms with van der Waals surface area (Å²) in [5, 5.41) is 3.19. The van der Waals surface area contributed by atoms with Crippen LogP contribution < -0.4 is 10.1 Å². The Morgan fingerprint density at radius 3 is 2.55 bits per heavy atom. The van der Waals surface area contributed by atoms with Crippen molar-refractivity contribution in [2.75, 3.05) is 20.1 Å². The Hall–Kier alpha value is -0.820. The van der Waals surface area contributed by atoms with Gasteiger partial charge in [-0.25, -0.2) is 8.42 Å². The lowest BCUT2D eigenvalue weighted by Gasteiger charge is -2.23. The zero-order chi connectivity index (χ0) is 15.6. The van der Waals surface area contributed by atoms with Gasteiger partial charge < -0.3 is 10.1 Å². The van der Waals surface area contributed by atoms with Crippen molar-refractivity contribution < 1.29 is 13.2 Å². The number of hydrogen-bond acceptors (Lipinski definition) is 4. The molecule has 7 heteroatoms. The summed E-state index contributed by atoms with van der Waals surface area (Å²) in [4.78, 5) is 0.325. The lowest BCUT2D eigenvalue weighted by molar-refractivity contribution is 0.240. The topological polar surface area (TPSA) is 58.6 Å². The van der Waals surface area contributed by atoms with E-state index in [2.05, 4.69) is 5.32 Å². The van der Waals surface area contributed by atoms with Gasteiger partial charge in [0.25, 0.3) is 0 Å². The monoisotopic (exact) mass is 348 g/mol. The van der Waals surface area contributed by atoms with Crippen molar-refractivity contribution in [3.8, 4) is 5.75 Å². The molecule has 1 fully saturated rings. The number of likely N-dealkylation sites (N-methyl/N-ethyl adjacent to an activating group) is 1. The number of hydrogen-bond donors (Lipinski definition) is 1. The highest BCUT2D eigenvalue weighted by Gasteiger charge is 2.30. The first-order valence-corrected chi connectivity index (χ1v) is 8.72. The standard InChI is InChI=1S/C15H24N2O3S.ClH/c1-11(2)20-15-6-5-14(9-12(15)3)21(18,19)17(4)13-7-8-16-10-13;/h5-6,9,11,13,16H,7-8,10H2,1-4H3;1H. The van der Waals surface area contributed by atoms with Crippen molar-refractivity contribution in [3.05, 3.63) is 23.8 Å². The molecule has 2 rings (SSSR count). The van der Waals surface area contributed by atoms with E-state index in [1.165, 1.54) is 4.31 Å². The average Bonchev–Trinajstić information content (AvgIpc) is 2.93. The molecule has 1 unspecified atom stereocenters. The second-order valence-corrected chi connectivity index (χ2v) is 7.76. The van der Waals surface area contributed by atoms with Crippen molar-refractivity contribution >= 4 is 22.4 Å². The van der Waals surface area contributed by atoms with Gasteiger partial charge in [-0.2, -0.15) is 4.31 Å². The minimum Gasteiger partial charge on any atom is -0.491 e. The largest absolute Gasteiger partial charge is 0.491 e. The number of ether oxygens (including phenoxy) is 1. The third kappa shape index (κ3) is 4.13. The van der Waals surface area contributed by atoms with Crippen LogP contribution in [0.25, 0.3) is 0 Å². The van der Waals surface area contributed by atoms with E-state index >= 15 is 0 Å². The van der Waals surface area contributed by atoms with Gasteiger partial charge >= 0.3 is 0 Å². The molecule has 5 nitrogen and oxygen atoms in total. The predicted molar refractivity (Wildman–Crippen MR) is 90.4 cm³/mol. The van der Waals surface area contributed by atoms with Crippen LogP contribution in [-0.2, 0) is 10.0 Å². The highest BCUT2D eigenvalue weighted by atomic mass is 35.5. The Bertz CT molecular complexity index is 599. The van der Waals surface area contributed by atoms with E-state index in [9.17, 15) is 8.42 Å². The van der Waals surface area contributed by atoms with E-state index in [0.29, 0.717) is 11.4 Å². The van der Waals surface area contributed by atoms with Crippen LogP contribution in [0, 0.1) is 6.92 Å². The van der Waals surface area contributed by atoms with Crippen molar-refractivity contribution in [2.24, 2.45) is 0 Å². The summed E-state index contributed by atoms with van der Waals surface area (Å²) in [7, 11) is -1.80. The van der Waals surface area contributed by atoms with E-state index in [4.69, 9.17) is 4.74 Å². The molecule has 0 amide bonds. The molecular weight excluding hydrogens is 324 g/mol. The van der Waals surface area contributed by atoms with Gasteiger partial charge in [-0.15, -0.1) is 12.4 Å². The molecule has 1 saturated heterocycles. The number of rotatable bonds is 5. The summed E-state index contributed by atoms with van der Waals surface area (Å²) in [6.45, 7) is 7.35. The molecule has 22 heavy (non-hydrogen) atoms. The Labute approximate surface area is 139 Å². The summed E-state index contributed by atoms with van der Waals surface area (Å²) in [5.41, 5.74) is 0.836. The fourth-order valence-electron chi connectivity index (χ4n) is 2.48. The fraction of sp³-hybridized carbons (Fsp3) is 0.600. The lowest BCUT2D eigenvalue weighted by Crippen LogP contribution is -2.38. The molecule has 1 aromatic carbocycles. The van der Waals surface area contributed by atoms with Crippen LogP contribution in [0.1, 0.15) is 25.8 Å². The zero-order valence-electron chi connectivity index (χ0n) is 13.5. The van der Waals surface area contributed by atoms with Crippen molar-refractivity contribution in [3.63, 3.8) is 0 Å². The van der Waals surface area contributed by atoms with Crippen LogP contribution in [-0.4, -0.2) is 45.0 Å². The average molecular weight is 349 g/mol. The second kappa shape index (κ2) is 7.64. The SMILES string of the molecule is Cc1cc(S(=O)(=O)N(C)C2CCNC2)ccc1OC(C)C.Cl. The molecule has 0 aliphatic carbocycles. The Morgan fingerprint density at radius 2 is 2.05 bits per heavy atom. The third-order valence-corrected chi connectivity index (χ3v) is 5.64. The lowest BCUT2D eigenvalue weighted by atomic mass is 10.2. The number of aryl methyl sites for hydroxylation is 1. The maximum Gasteiger partial charge on any atom is 0.243 e. The van der Waals surface area contributed by atoms with Crippen LogP contribution in [0.5, 0.6) is 5.75 Å². The van der Waals surface area contributed by atoms with Crippen molar-refractivity contribution in [1.29, 1.82) is 0 Å². The van der Waals surface area contributed by atoms with Gasteiger partial charge in [0.2, 0.25) is 10.0 Å². The number of halogens is 1. The van der Waals surface area contributed by atoms with Crippen LogP contribution >= 0.6 is 12.4 Å². The molecule has 0 spiro atoms. The maximum absolute atomic E-state index is 12.7. The van der Waals surface area contributed by atoms with E-state index in [1.54, 1.807) is 25.2 Å². The first kappa shape index (κ1) is 19.2. The van der Waals surface area contributed by atoms with Gasteiger partial charge in [0.1, 0.15) is 5.75 Å². The summed E-state index contributed by atoms with van der Waals surface area (Å²) < 4.78 is 32.5. The summed E-state index contributed by atoms with van der Waals surface area (Å²) >= 11 is 0. The molecular formula is C15H25ClN2O3S. The Balaban J connectivity index is 0.00000242. The van der Waals surface area contributed by atoms with Gasteiger partial charge in [-0.1, -0.05) is 0 Å². The van der Waals surface area contributed by atoms with Gasteiger partial charge in [-0.3, -0.25) is 0 Å². The first-order valence-electron chi connectivity index (χ1n) is 7.28. The molecule has 1 aliphatic heterocycles. The Morgan fingerprint density at radius 1 is 1.36 bits per heavy atom. The van der Waals surface area contributed by atoms with Gasteiger partial charge in [-0.05, 0) is 57.5 Å². The predicted octanol–water partition coefficient (Wildman–Crippen LogP) is 2.19. The molecule has 1 atom stereocenters. The van der Waals surface area contributed by atoms with Crippen LogP contribution in [0.2, 0.25) is 0 Å². The maximum atomic E-state index is 12.7. The minimum atomic E-state index is -3.45. The molecule has 0 radical (unpaired) electrons. The minimum absolute atomic E-state index is 0. The van der Waals surface area contributed by atoms with Crippen molar-refractivity contribution in [1.82, 2.24) is 9.62 Å². The summed E-state index contributed by atoms with van der Waals surface area (Å²) in [6.07, 6.45) is 0.918. The van der Waals surface area contributed by atoms with Gasteiger partial charge in [0.15, 0.2) is 0 Å². The van der Waals surface area contributed by atoms with Gasteiger partial charge in [0.05, 0.1) is 11.0 Å². The molecule has 0 bridgehead atoms. The fourth-order valence-corrected chi connectivity index (χ4v) is 3.95. The number of sulfonamides is 1. The Kier molecular flexibility index (Phi) is 6.67. The summed E-state index contributed by atoms with van der Waals surface area (Å²) in [5.74, 6) is 0.731. The van der Waals surface area contributed by atoms with E-state index < -0.39 is 10.0 Å². The second-order valence-electron chi connectivity index (χ2n) is 5.76. The number of nitrogens with one attached hydrogen (secondary N) is 1. The normalized spacial score (nSPS) is 18.5. The molecule has 0 aromatic heterocycles. The van der Waals surface area contributed by atoms with E-state index in [0.717, 1.165) is 24.3 Å². The molecule has 1 aromatic rings. The quantitative estimate of drug-likeness (QED) is 0.886. The smallest absolute Gasteiger partial charge is 0.243 e. The van der Waals surface area contributed by atoms with Crippen LogP contribution in [0.3, 0.4) is 0 Å². The summed E-state index contributed by atoms with van der Waals surface area (Å²) in [6, 6.07) is 5.08. The number of benzene rings is 1. The molecule has 126 valence electrons. The molecule has 1 N–H and O–H groups in total. The number of nitrogens with zero attached hydrogens (tertiary/aromatic N) is 1. The third-order valence-electron chi connectivity index (χ3n) is 3.73. The van der Waals surface area contributed by atoms with E-state index in [-0.39, 0.29) is 24.6 Å². The van der Waals surface area contributed by atoms with Crippen LogP contribution in [0.4, 0.5) is 0 Å². The molecule has 1 heterocycles. The highest BCUT2D eigenvalue weighted by molar-refractivity contribution is 7.89. The first-order chi connectivity index (χ1) is 9.82. The zero-order valence-corrected chi connectivity index (χ0v) is 15.1. The molecule has 1 aliphatic rings. The van der Waals surface area contributed by atoms with Crippen molar-refractivity contribution in [2.45, 2.75) is 44.2 Å². The van der Waals surface area contributed by atoms with E-state index in [1.807, 2.05) is 20.8 Å². The van der Waals surface area contributed by atoms with Gasteiger partial charge in [0, 0.05) is 19.6 Å². The molecule has 0 saturated carbocycles. The van der Waals surface area contributed by atoms with Crippen LogP contribution in [0.15, 0.2) is 23.1 Å².